The van der Waals surface area contributed by atoms with Gasteiger partial charge in [-0.2, -0.15) is 0 Å². The van der Waals surface area contributed by atoms with Crippen LogP contribution in [0.4, 0.5) is 0 Å². The number of likely N-dealkylation sites (tertiary alicyclic amines) is 1. The fraction of sp³-hybridized carbons (Fsp3) is 1.00. The van der Waals surface area contributed by atoms with Crippen molar-refractivity contribution >= 4 is 11.6 Å². The van der Waals surface area contributed by atoms with E-state index in [0.717, 1.165) is 19.7 Å². The molecule has 0 bridgehead atoms. The average molecular weight is 204 g/mol. The summed E-state index contributed by atoms with van der Waals surface area (Å²) >= 11 is 6.11. The minimum absolute atomic E-state index is 0.371. The summed E-state index contributed by atoms with van der Waals surface area (Å²) in [6.45, 7) is 4.33. The summed E-state index contributed by atoms with van der Waals surface area (Å²) in [5, 5.41) is 0.371. The first-order valence-electron chi connectivity index (χ1n) is 5.32. The molecule has 0 N–H and O–H groups in total. The first-order valence-corrected chi connectivity index (χ1v) is 5.76. The summed E-state index contributed by atoms with van der Waals surface area (Å²) in [6.07, 6.45) is 5.40. The van der Waals surface area contributed by atoms with Crippen molar-refractivity contribution in [3.8, 4) is 0 Å². The zero-order valence-corrected chi connectivity index (χ0v) is 8.80. The Morgan fingerprint density at radius 3 is 2.92 bits per heavy atom. The Bertz CT molecular complexity index is 159. The largest absolute Gasteiger partial charge is 0.377 e. The van der Waals surface area contributed by atoms with E-state index in [0.29, 0.717) is 11.5 Å². The lowest BCUT2D eigenvalue weighted by molar-refractivity contribution is 0.0673. The first kappa shape index (κ1) is 9.75. The van der Waals surface area contributed by atoms with Gasteiger partial charge in [0.25, 0.3) is 0 Å². The second-order valence-corrected chi connectivity index (χ2v) is 4.75. The van der Waals surface area contributed by atoms with Crippen LogP contribution in [-0.2, 0) is 4.74 Å². The topological polar surface area (TPSA) is 12.5 Å². The highest BCUT2D eigenvalue weighted by Gasteiger charge is 2.23. The van der Waals surface area contributed by atoms with E-state index in [1.807, 2.05) is 0 Å². The van der Waals surface area contributed by atoms with Gasteiger partial charge in [-0.1, -0.05) is 0 Å². The zero-order chi connectivity index (χ0) is 9.10. The molecule has 2 aliphatic rings. The molecule has 0 aromatic rings. The molecule has 2 saturated heterocycles. The summed E-state index contributed by atoms with van der Waals surface area (Å²) in [4.78, 5) is 2.46. The van der Waals surface area contributed by atoms with Gasteiger partial charge in [-0.05, 0) is 32.2 Å². The Labute approximate surface area is 85.2 Å². The van der Waals surface area contributed by atoms with Crippen molar-refractivity contribution in [3.63, 3.8) is 0 Å². The summed E-state index contributed by atoms with van der Waals surface area (Å²) < 4.78 is 5.61. The van der Waals surface area contributed by atoms with Gasteiger partial charge in [0.2, 0.25) is 0 Å². The number of hydrogen-bond donors (Lipinski definition) is 0. The van der Waals surface area contributed by atoms with Gasteiger partial charge in [0.15, 0.2) is 0 Å². The molecule has 2 unspecified atom stereocenters. The van der Waals surface area contributed by atoms with Crippen LogP contribution >= 0.6 is 11.6 Å². The van der Waals surface area contributed by atoms with Crippen molar-refractivity contribution in [2.75, 3.05) is 26.2 Å². The third-order valence-electron chi connectivity index (χ3n) is 2.93. The second kappa shape index (κ2) is 4.63. The van der Waals surface area contributed by atoms with E-state index in [-0.39, 0.29) is 0 Å². The van der Waals surface area contributed by atoms with E-state index < -0.39 is 0 Å². The fourth-order valence-electron chi connectivity index (χ4n) is 2.24. The van der Waals surface area contributed by atoms with Gasteiger partial charge in [0, 0.05) is 25.1 Å². The number of rotatable bonds is 2. The second-order valence-electron chi connectivity index (χ2n) is 4.13. The molecular weight excluding hydrogens is 186 g/mol. The molecule has 2 aliphatic heterocycles. The smallest absolute Gasteiger partial charge is 0.0702 e. The average Bonchev–Trinajstić information content (AvgIpc) is 2.57. The molecule has 0 aliphatic carbocycles. The van der Waals surface area contributed by atoms with Gasteiger partial charge >= 0.3 is 0 Å². The highest BCUT2D eigenvalue weighted by Crippen LogP contribution is 2.18. The van der Waals surface area contributed by atoms with Crippen LogP contribution in [0.25, 0.3) is 0 Å². The number of piperidine rings is 1. The van der Waals surface area contributed by atoms with Crippen molar-refractivity contribution in [3.05, 3.63) is 0 Å². The van der Waals surface area contributed by atoms with E-state index in [9.17, 15) is 0 Å². The molecule has 2 atom stereocenters. The molecule has 3 heteroatoms. The monoisotopic (exact) mass is 203 g/mol. The number of nitrogens with zero attached hydrogens (tertiary/aromatic N) is 1. The van der Waals surface area contributed by atoms with Crippen LogP contribution in [0.5, 0.6) is 0 Å². The summed E-state index contributed by atoms with van der Waals surface area (Å²) in [6, 6.07) is 0. The Morgan fingerprint density at radius 2 is 2.23 bits per heavy atom. The minimum atomic E-state index is 0.371. The number of ether oxygens (including phenoxy) is 1. The van der Waals surface area contributed by atoms with Gasteiger partial charge in [-0.15, -0.1) is 11.6 Å². The van der Waals surface area contributed by atoms with Crippen LogP contribution in [0.15, 0.2) is 0 Å². The highest BCUT2D eigenvalue weighted by atomic mass is 35.5. The molecule has 0 saturated carbocycles. The highest BCUT2D eigenvalue weighted by molar-refractivity contribution is 6.20. The van der Waals surface area contributed by atoms with Crippen LogP contribution in [0, 0.1) is 0 Å². The molecule has 2 heterocycles. The van der Waals surface area contributed by atoms with Crippen LogP contribution in [-0.4, -0.2) is 42.6 Å². The van der Waals surface area contributed by atoms with Gasteiger partial charge in [-0.3, -0.25) is 4.90 Å². The maximum absolute atomic E-state index is 6.11. The fourth-order valence-corrected chi connectivity index (χ4v) is 2.59. The Morgan fingerprint density at radius 1 is 1.31 bits per heavy atom. The van der Waals surface area contributed by atoms with E-state index in [4.69, 9.17) is 16.3 Å². The molecule has 2 fully saturated rings. The Balaban J connectivity index is 1.73. The lowest BCUT2D eigenvalue weighted by Gasteiger charge is -2.31. The predicted molar refractivity (Wildman–Crippen MR) is 54.3 cm³/mol. The van der Waals surface area contributed by atoms with Gasteiger partial charge in [0.05, 0.1) is 6.10 Å². The molecular formula is C10H18ClNO. The van der Waals surface area contributed by atoms with Crippen molar-refractivity contribution in [1.29, 1.82) is 0 Å². The zero-order valence-electron chi connectivity index (χ0n) is 8.04. The molecule has 76 valence electrons. The summed E-state index contributed by atoms with van der Waals surface area (Å²) in [7, 11) is 0. The molecule has 0 amide bonds. The Kier molecular flexibility index (Phi) is 3.47. The molecule has 0 radical (unpaired) electrons. The third kappa shape index (κ3) is 2.83. The van der Waals surface area contributed by atoms with E-state index in [1.165, 1.54) is 32.2 Å². The standard InChI is InChI=1S/C10H18ClNO/c11-9-3-1-5-12(7-9)8-10-4-2-6-13-10/h9-10H,1-8H2. The van der Waals surface area contributed by atoms with Crippen LogP contribution in [0.1, 0.15) is 25.7 Å². The van der Waals surface area contributed by atoms with Crippen LogP contribution in [0.3, 0.4) is 0 Å². The van der Waals surface area contributed by atoms with E-state index >= 15 is 0 Å². The maximum atomic E-state index is 6.11. The predicted octanol–water partition coefficient (Wildman–Crippen LogP) is 1.87. The van der Waals surface area contributed by atoms with Gasteiger partial charge in [-0.25, -0.2) is 0 Å². The number of hydrogen-bond acceptors (Lipinski definition) is 2. The SMILES string of the molecule is ClC1CCCN(CC2CCCO2)C1. The molecule has 0 spiro atoms. The van der Waals surface area contributed by atoms with Gasteiger partial charge < -0.3 is 4.74 Å². The molecule has 2 nitrogen and oxygen atoms in total. The lowest BCUT2D eigenvalue weighted by Crippen LogP contribution is -2.40. The number of halogens is 1. The summed E-state index contributed by atoms with van der Waals surface area (Å²) in [5.74, 6) is 0. The van der Waals surface area contributed by atoms with Crippen LogP contribution in [0.2, 0.25) is 0 Å². The molecule has 2 rings (SSSR count). The Hall–Kier alpha value is 0.210. The maximum Gasteiger partial charge on any atom is 0.0702 e. The van der Waals surface area contributed by atoms with E-state index in [2.05, 4.69) is 4.90 Å². The van der Waals surface area contributed by atoms with Gasteiger partial charge in [0.1, 0.15) is 0 Å². The van der Waals surface area contributed by atoms with Crippen molar-refractivity contribution in [2.24, 2.45) is 0 Å². The van der Waals surface area contributed by atoms with E-state index in [1.54, 1.807) is 0 Å². The van der Waals surface area contributed by atoms with Crippen molar-refractivity contribution < 1.29 is 4.74 Å². The van der Waals surface area contributed by atoms with Crippen LogP contribution < -0.4 is 0 Å². The molecule has 0 aromatic carbocycles. The normalized spacial score (nSPS) is 36.7. The van der Waals surface area contributed by atoms with Crippen molar-refractivity contribution in [2.45, 2.75) is 37.2 Å². The molecule has 13 heavy (non-hydrogen) atoms. The minimum Gasteiger partial charge on any atom is -0.377 e. The quantitative estimate of drug-likeness (QED) is 0.636. The van der Waals surface area contributed by atoms with Crippen molar-refractivity contribution in [1.82, 2.24) is 4.90 Å². The number of alkyl halides is 1. The first-order chi connectivity index (χ1) is 6.34. The lowest BCUT2D eigenvalue weighted by atomic mass is 10.1. The molecule has 0 aromatic heterocycles. The summed E-state index contributed by atoms with van der Waals surface area (Å²) in [5.41, 5.74) is 0. The third-order valence-corrected chi connectivity index (χ3v) is 3.29.